The Labute approximate surface area is 120 Å². The van der Waals surface area contributed by atoms with Crippen molar-refractivity contribution in [3.8, 4) is 11.8 Å². The van der Waals surface area contributed by atoms with Gasteiger partial charge in [0.1, 0.15) is 0 Å². The molecule has 1 rings (SSSR count). The molecular weight excluding hydrogens is 278 g/mol. The Hall–Kier alpha value is -1.39. The van der Waals surface area contributed by atoms with Crippen molar-refractivity contribution in [2.24, 2.45) is 11.1 Å². The van der Waals surface area contributed by atoms with E-state index in [1.807, 2.05) is 37.3 Å². The maximum Gasteiger partial charge on any atom is 0.333 e. The average molecular weight is 297 g/mol. The molecule has 0 saturated carbocycles. The van der Waals surface area contributed by atoms with E-state index in [9.17, 15) is 8.42 Å². The zero-order chi connectivity index (χ0) is 15.0. The van der Waals surface area contributed by atoms with Gasteiger partial charge in [-0.15, -0.1) is 5.92 Å². The molecule has 0 unspecified atom stereocenters. The fraction of sp³-hybridized carbons (Fsp3) is 0.429. The molecule has 2 atom stereocenters. The van der Waals surface area contributed by atoms with E-state index in [4.69, 9.17) is 9.88 Å². The van der Waals surface area contributed by atoms with Gasteiger partial charge in [0, 0.05) is 19.4 Å². The summed E-state index contributed by atoms with van der Waals surface area (Å²) >= 11 is 0. The summed E-state index contributed by atoms with van der Waals surface area (Å²) in [5.74, 6) is 5.88. The molecule has 0 spiro atoms. The molecule has 5 nitrogen and oxygen atoms in total. The topological polar surface area (TPSA) is 78.6 Å². The van der Waals surface area contributed by atoms with Crippen LogP contribution in [0.25, 0.3) is 0 Å². The molecule has 0 bridgehead atoms. The number of methoxy groups -OCH3 is 1. The fourth-order valence-corrected chi connectivity index (χ4v) is 2.10. The van der Waals surface area contributed by atoms with Gasteiger partial charge >= 0.3 is 10.3 Å². The van der Waals surface area contributed by atoms with E-state index in [1.54, 1.807) is 7.11 Å². The second kappa shape index (κ2) is 8.02. The van der Waals surface area contributed by atoms with Gasteiger partial charge in [0.15, 0.2) is 0 Å². The van der Waals surface area contributed by atoms with Gasteiger partial charge in [0.05, 0.1) is 12.7 Å². The zero-order valence-corrected chi connectivity index (χ0v) is 12.4. The van der Waals surface area contributed by atoms with Crippen LogP contribution in [0.1, 0.15) is 25.0 Å². The van der Waals surface area contributed by atoms with Crippen LogP contribution in [0, 0.1) is 17.8 Å². The smallest absolute Gasteiger partial charge is 0.333 e. The first-order valence-corrected chi connectivity index (χ1v) is 7.64. The van der Waals surface area contributed by atoms with Crippen molar-refractivity contribution in [3.05, 3.63) is 35.9 Å². The Balaban J connectivity index is 2.55. The minimum atomic E-state index is -3.88. The average Bonchev–Trinajstić information content (AvgIpc) is 2.39. The van der Waals surface area contributed by atoms with Crippen molar-refractivity contribution < 1.29 is 17.3 Å². The maximum atomic E-state index is 10.6. The Bertz CT molecular complexity index is 560. The van der Waals surface area contributed by atoms with E-state index >= 15 is 0 Å². The van der Waals surface area contributed by atoms with Crippen LogP contribution >= 0.6 is 0 Å². The number of ether oxygens (including phenoxy) is 1. The minimum Gasteiger partial charge on any atom is -0.375 e. The summed E-state index contributed by atoms with van der Waals surface area (Å²) in [5, 5.41) is 4.71. The SMILES string of the molecule is CO[C@@H](c1ccccc1)[C@@H](C)C#CCCOS(N)(=O)=O. The maximum absolute atomic E-state index is 10.6. The molecule has 0 aliphatic heterocycles. The van der Waals surface area contributed by atoms with Gasteiger partial charge in [0.2, 0.25) is 0 Å². The number of rotatable bonds is 6. The minimum absolute atomic E-state index is 0.0168. The number of benzene rings is 1. The summed E-state index contributed by atoms with van der Waals surface area (Å²) in [6.45, 7) is 1.91. The molecule has 0 fully saturated rings. The third-order valence-electron chi connectivity index (χ3n) is 2.64. The van der Waals surface area contributed by atoms with E-state index in [2.05, 4.69) is 16.0 Å². The Morgan fingerprint density at radius 2 is 1.95 bits per heavy atom. The van der Waals surface area contributed by atoms with E-state index in [0.29, 0.717) is 6.42 Å². The van der Waals surface area contributed by atoms with E-state index in [-0.39, 0.29) is 18.6 Å². The van der Waals surface area contributed by atoms with Crippen molar-refractivity contribution in [2.75, 3.05) is 13.7 Å². The molecule has 1 aromatic carbocycles. The summed E-state index contributed by atoms with van der Waals surface area (Å²) in [6, 6.07) is 9.80. The predicted octanol–water partition coefficient (Wildman–Crippen LogP) is 1.62. The molecular formula is C14H19NO4S. The standard InChI is InChI=1S/C14H19NO4S/c1-12(8-6-7-11-19-20(15,16)17)14(18-2)13-9-4-3-5-10-13/h3-5,9-10,12,14H,7,11H2,1-2H3,(H2,15,16,17)/t12-,14+/m0/s1. The lowest BCUT2D eigenvalue weighted by molar-refractivity contribution is 0.0771. The first kappa shape index (κ1) is 16.7. The molecule has 20 heavy (non-hydrogen) atoms. The fourth-order valence-electron chi connectivity index (χ4n) is 1.79. The van der Waals surface area contributed by atoms with Crippen molar-refractivity contribution in [1.29, 1.82) is 0 Å². The van der Waals surface area contributed by atoms with Gasteiger partial charge < -0.3 is 4.74 Å². The lowest BCUT2D eigenvalue weighted by Gasteiger charge is -2.18. The molecule has 2 N–H and O–H groups in total. The van der Waals surface area contributed by atoms with Crippen molar-refractivity contribution in [3.63, 3.8) is 0 Å². The van der Waals surface area contributed by atoms with Gasteiger partial charge in [-0.1, -0.05) is 36.3 Å². The van der Waals surface area contributed by atoms with E-state index in [1.165, 1.54) is 0 Å². The number of hydrogen-bond acceptors (Lipinski definition) is 4. The highest BCUT2D eigenvalue weighted by molar-refractivity contribution is 7.84. The molecule has 0 radical (unpaired) electrons. The molecule has 110 valence electrons. The zero-order valence-electron chi connectivity index (χ0n) is 11.6. The Kier molecular flexibility index (Phi) is 6.68. The van der Waals surface area contributed by atoms with Crippen LogP contribution in [-0.2, 0) is 19.2 Å². The van der Waals surface area contributed by atoms with Crippen LogP contribution in [0.15, 0.2) is 30.3 Å². The normalized spacial score (nSPS) is 14.2. The largest absolute Gasteiger partial charge is 0.375 e. The third-order valence-corrected chi connectivity index (χ3v) is 3.14. The summed E-state index contributed by atoms with van der Waals surface area (Å²) in [4.78, 5) is 0. The van der Waals surface area contributed by atoms with Crippen LogP contribution in [0.3, 0.4) is 0 Å². The number of hydrogen-bond donors (Lipinski definition) is 1. The third kappa shape index (κ3) is 6.17. The first-order valence-electron chi connectivity index (χ1n) is 6.17. The monoisotopic (exact) mass is 297 g/mol. The van der Waals surface area contributed by atoms with Gasteiger partial charge in [-0.3, -0.25) is 4.18 Å². The molecule has 0 saturated heterocycles. The second-order valence-corrected chi connectivity index (χ2v) is 5.46. The Morgan fingerprint density at radius 3 is 2.50 bits per heavy atom. The lowest BCUT2D eigenvalue weighted by Crippen LogP contribution is -2.16. The molecule has 6 heteroatoms. The lowest BCUT2D eigenvalue weighted by atomic mass is 9.97. The summed E-state index contributed by atoms with van der Waals surface area (Å²) < 4.78 is 31.0. The van der Waals surface area contributed by atoms with Crippen LogP contribution in [0.5, 0.6) is 0 Å². The molecule has 0 amide bonds. The predicted molar refractivity (Wildman–Crippen MR) is 76.8 cm³/mol. The highest BCUT2D eigenvalue weighted by Gasteiger charge is 2.16. The second-order valence-electron chi connectivity index (χ2n) is 4.24. The van der Waals surface area contributed by atoms with Crippen molar-refractivity contribution in [1.82, 2.24) is 0 Å². The van der Waals surface area contributed by atoms with Crippen LogP contribution in [0.4, 0.5) is 0 Å². The van der Waals surface area contributed by atoms with Crippen LogP contribution < -0.4 is 5.14 Å². The van der Waals surface area contributed by atoms with Crippen LogP contribution in [0.2, 0.25) is 0 Å². The molecule has 1 aromatic rings. The van der Waals surface area contributed by atoms with Crippen molar-refractivity contribution >= 4 is 10.3 Å². The quantitative estimate of drug-likeness (QED) is 0.639. The van der Waals surface area contributed by atoms with Gasteiger partial charge in [-0.25, -0.2) is 5.14 Å². The highest BCUT2D eigenvalue weighted by Crippen LogP contribution is 2.24. The summed E-state index contributed by atoms with van der Waals surface area (Å²) in [6.07, 6.45) is 0.175. The van der Waals surface area contributed by atoms with Gasteiger partial charge in [0.25, 0.3) is 0 Å². The summed E-state index contributed by atoms with van der Waals surface area (Å²) in [5.41, 5.74) is 1.05. The van der Waals surface area contributed by atoms with E-state index in [0.717, 1.165) is 5.56 Å². The van der Waals surface area contributed by atoms with Gasteiger partial charge in [-0.05, 0) is 12.5 Å². The molecule has 0 aliphatic rings. The van der Waals surface area contributed by atoms with Gasteiger partial charge in [-0.2, -0.15) is 8.42 Å². The first-order chi connectivity index (χ1) is 9.44. The molecule has 0 aromatic heterocycles. The Morgan fingerprint density at radius 1 is 1.30 bits per heavy atom. The summed E-state index contributed by atoms with van der Waals surface area (Å²) in [7, 11) is -2.24. The van der Waals surface area contributed by atoms with Crippen LogP contribution in [-0.4, -0.2) is 22.1 Å². The number of nitrogens with two attached hydrogens (primary N) is 1. The van der Waals surface area contributed by atoms with E-state index < -0.39 is 10.3 Å². The van der Waals surface area contributed by atoms with Crippen molar-refractivity contribution in [2.45, 2.75) is 19.4 Å². The molecule has 0 heterocycles. The highest BCUT2D eigenvalue weighted by atomic mass is 32.2. The molecule has 0 aliphatic carbocycles.